The van der Waals surface area contributed by atoms with E-state index in [9.17, 15) is 0 Å². The molecule has 1 aromatic carbocycles. The lowest BCUT2D eigenvalue weighted by Gasteiger charge is -2.38. The van der Waals surface area contributed by atoms with Crippen LogP contribution in [0.3, 0.4) is 0 Å². The lowest BCUT2D eigenvalue weighted by molar-refractivity contribution is 0.107. The fraction of sp³-hybridized carbons (Fsp3) is 0.611. The molecule has 2 aromatic rings. The van der Waals surface area contributed by atoms with Crippen LogP contribution in [0, 0.1) is 0 Å². The summed E-state index contributed by atoms with van der Waals surface area (Å²) in [6, 6.07) is 8.21. The summed E-state index contributed by atoms with van der Waals surface area (Å²) in [5, 5.41) is 12.5. The first-order valence-corrected chi connectivity index (χ1v) is 9.12. The number of aromatic nitrogens is 4. The summed E-state index contributed by atoms with van der Waals surface area (Å²) in [4.78, 5) is 4.93. The van der Waals surface area contributed by atoms with Crippen molar-refractivity contribution in [2.45, 2.75) is 19.5 Å². The van der Waals surface area contributed by atoms with Gasteiger partial charge in [-0.2, -0.15) is 0 Å². The summed E-state index contributed by atoms with van der Waals surface area (Å²) >= 11 is 0. The van der Waals surface area contributed by atoms with Gasteiger partial charge < -0.3 is 14.4 Å². The molecule has 0 amide bonds. The third kappa shape index (κ3) is 4.20. The molecule has 1 aliphatic heterocycles. The smallest absolute Gasteiger partial charge is 0.173 e. The Morgan fingerprint density at radius 3 is 2.42 bits per heavy atom. The maximum atomic E-state index is 5.31. The van der Waals surface area contributed by atoms with Crippen LogP contribution in [0.25, 0.3) is 0 Å². The molecule has 0 N–H and O–H groups in total. The van der Waals surface area contributed by atoms with E-state index in [1.807, 2.05) is 16.8 Å². The van der Waals surface area contributed by atoms with E-state index < -0.39 is 0 Å². The normalized spacial score (nSPS) is 17.3. The third-order valence-corrected chi connectivity index (χ3v) is 4.96. The zero-order chi connectivity index (χ0) is 18.4. The van der Waals surface area contributed by atoms with Gasteiger partial charge in [0.15, 0.2) is 5.82 Å². The summed E-state index contributed by atoms with van der Waals surface area (Å²) in [6.45, 7) is 8.61. The molecule has 1 aromatic heterocycles. The molecule has 1 saturated heterocycles. The fourth-order valence-electron chi connectivity index (χ4n) is 3.39. The molecular weight excluding hydrogens is 332 g/mol. The number of nitrogens with zero attached hydrogens (tertiary/aromatic N) is 6. The Balaban J connectivity index is 1.90. The molecule has 8 nitrogen and oxygen atoms in total. The van der Waals surface area contributed by atoms with Crippen LogP contribution >= 0.6 is 0 Å². The number of hydrogen-bond donors (Lipinski definition) is 0. The number of benzene rings is 1. The molecule has 1 atom stereocenters. The molecule has 26 heavy (non-hydrogen) atoms. The van der Waals surface area contributed by atoms with E-state index >= 15 is 0 Å². The first-order valence-electron chi connectivity index (χ1n) is 9.12. The molecule has 2 heterocycles. The number of ether oxygens (including phenoxy) is 2. The fourth-order valence-corrected chi connectivity index (χ4v) is 3.39. The predicted molar refractivity (Wildman–Crippen MR) is 98.2 cm³/mol. The van der Waals surface area contributed by atoms with Crippen LogP contribution in [0.5, 0.6) is 5.75 Å². The van der Waals surface area contributed by atoms with Crippen molar-refractivity contribution in [2.75, 3.05) is 53.6 Å². The van der Waals surface area contributed by atoms with Gasteiger partial charge in [-0.25, -0.2) is 4.68 Å². The minimum atomic E-state index is 0.0202. The van der Waals surface area contributed by atoms with Gasteiger partial charge in [0.2, 0.25) is 0 Å². The van der Waals surface area contributed by atoms with Gasteiger partial charge in [0.1, 0.15) is 5.75 Å². The molecule has 0 aliphatic carbocycles. The Bertz CT molecular complexity index is 667. The average Bonchev–Trinajstić information content (AvgIpc) is 3.15. The van der Waals surface area contributed by atoms with Gasteiger partial charge in [0.25, 0.3) is 0 Å². The van der Waals surface area contributed by atoms with Crippen LogP contribution < -0.4 is 4.74 Å². The van der Waals surface area contributed by atoms with Crippen LogP contribution in [0.1, 0.15) is 24.4 Å². The summed E-state index contributed by atoms with van der Waals surface area (Å²) in [5.41, 5.74) is 1.17. The third-order valence-electron chi connectivity index (χ3n) is 4.96. The van der Waals surface area contributed by atoms with Crippen molar-refractivity contribution in [2.24, 2.45) is 0 Å². The molecule has 0 spiro atoms. The Kier molecular flexibility index (Phi) is 6.54. The van der Waals surface area contributed by atoms with Crippen molar-refractivity contribution >= 4 is 0 Å². The van der Waals surface area contributed by atoms with Crippen LogP contribution in [-0.2, 0) is 11.3 Å². The molecule has 1 aliphatic rings. The van der Waals surface area contributed by atoms with E-state index in [1.54, 1.807) is 14.2 Å². The van der Waals surface area contributed by atoms with E-state index in [0.29, 0.717) is 13.2 Å². The second-order valence-electron chi connectivity index (χ2n) is 6.40. The standard InChI is InChI=1S/C18H28N6O2/c1-4-22-9-11-23(12-10-22)17(15-5-7-16(26-3)8-6-15)18-19-20-21-24(18)13-14-25-2/h5-8,17H,4,9-14H2,1-3H3. The first kappa shape index (κ1) is 18.8. The topological polar surface area (TPSA) is 68.5 Å². The quantitative estimate of drug-likeness (QED) is 0.697. The molecule has 0 bridgehead atoms. The molecule has 0 saturated carbocycles. The summed E-state index contributed by atoms with van der Waals surface area (Å²) in [5.74, 6) is 1.71. The lowest BCUT2D eigenvalue weighted by atomic mass is 10.0. The highest BCUT2D eigenvalue weighted by atomic mass is 16.5. The Morgan fingerprint density at radius 2 is 1.81 bits per heavy atom. The average molecular weight is 360 g/mol. The minimum Gasteiger partial charge on any atom is -0.497 e. The molecule has 142 valence electrons. The van der Waals surface area contributed by atoms with Crippen molar-refractivity contribution in [3.8, 4) is 5.75 Å². The Labute approximate surface area is 154 Å². The first-order chi connectivity index (χ1) is 12.8. The van der Waals surface area contributed by atoms with E-state index in [1.165, 1.54) is 5.56 Å². The number of hydrogen-bond acceptors (Lipinski definition) is 7. The van der Waals surface area contributed by atoms with E-state index in [4.69, 9.17) is 9.47 Å². The highest BCUT2D eigenvalue weighted by Gasteiger charge is 2.30. The number of tetrazole rings is 1. The van der Waals surface area contributed by atoms with Gasteiger partial charge in [-0.15, -0.1) is 5.10 Å². The maximum Gasteiger partial charge on any atom is 0.173 e. The van der Waals surface area contributed by atoms with Gasteiger partial charge in [-0.1, -0.05) is 19.1 Å². The molecule has 1 fully saturated rings. The van der Waals surface area contributed by atoms with Crippen LogP contribution in [0.15, 0.2) is 24.3 Å². The lowest BCUT2D eigenvalue weighted by Crippen LogP contribution is -2.48. The van der Waals surface area contributed by atoms with E-state index in [2.05, 4.69) is 44.4 Å². The minimum absolute atomic E-state index is 0.0202. The summed E-state index contributed by atoms with van der Waals surface area (Å²) in [7, 11) is 3.37. The molecule has 0 radical (unpaired) electrons. The molecule has 1 unspecified atom stereocenters. The second-order valence-corrected chi connectivity index (χ2v) is 6.40. The molecule has 3 rings (SSSR count). The van der Waals surface area contributed by atoms with Gasteiger partial charge in [0.05, 0.1) is 26.3 Å². The largest absolute Gasteiger partial charge is 0.497 e. The van der Waals surface area contributed by atoms with Crippen LogP contribution in [-0.4, -0.2) is 83.6 Å². The Morgan fingerprint density at radius 1 is 1.08 bits per heavy atom. The van der Waals surface area contributed by atoms with E-state index in [-0.39, 0.29) is 6.04 Å². The summed E-state index contributed by atoms with van der Waals surface area (Å²) < 4.78 is 12.4. The van der Waals surface area contributed by atoms with Crippen LogP contribution in [0.2, 0.25) is 0 Å². The van der Waals surface area contributed by atoms with Crippen molar-refractivity contribution in [1.82, 2.24) is 30.0 Å². The van der Waals surface area contributed by atoms with Crippen LogP contribution in [0.4, 0.5) is 0 Å². The maximum absolute atomic E-state index is 5.31. The second kappa shape index (κ2) is 9.07. The van der Waals surface area contributed by atoms with Gasteiger partial charge in [0, 0.05) is 33.3 Å². The zero-order valence-electron chi connectivity index (χ0n) is 15.8. The highest BCUT2D eigenvalue weighted by molar-refractivity contribution is 5.32. The Hall–Kier alpha value is -2.03. The van der Waals surface area contributed by atoms with Gasteiger partial charge in [-0.3, -0.25) is 4.90 Å². The number of rotatable bonds is 8. The SMILES string of the molecule is CCN1CCN(C(c2ccc(OC)cc2)c2nnnn2CCOC)CC1. The van der Waals surface area contributed by atoms with Crippen molar-refractivity contribution in [3.63, 3.8) is 0 Å². The van der Waals surface area contributed by atoms with Crippen molar-refractivity contribution in [1.29, 1.82) is 0 Å². The zero-order valence-corrected chi connectivity index (χ0v) is 15.8. The number of methoxy groups -OCH3 is 2. The number of piperazine rings is 1. The monoisotopic (exact) mass is 360 g/mol. The molecular formula is C18H28N6O2. The van der Waals surface area contributed by atoms with Crippen molar-refractivity contribution in [3.05, 3.63) is 35.7 Å². The van der Waals surface area contributed by atoms with Gasteiger partial charge in [-0.05, 0) is 34.7 Å². The van der Waals surface area contributed by atoms with Gasteiger partial charge >= 0.3 is 0 Å². The molecule has 8 heteroatoms. The predicted octanol–water partition coefficient (Wildman–Crippen LogP) is 1.06. The van der Waals surface area contributed by atoms with E-state index in [0.717, 1.165) is 44.3 Å². The van der Waals surface area contributed by atoms with Crippen molar-refractivity contribution < 1.29 is 9.47 Å². The highest BCUT2D eigenvalue weighted by Crippen LogP contribution is 2.29. The summed E-state index contributed by atoms with van der Waals surface area (Å²) in [6.07, 6.45) is 0. The number of likely N-dealkylation sites (N-methyl/N-ethyl adjacent to an activating group) is 1.